The molecule has 2 aromatic heterocycles. The van der Waals surface area contributed by atoms with Crippen LogP contribution in [0.5, 0.6) is 0 Å². The average Bonchev–Trinajstić information content (AvgIpc) is 3.01. The molecule has 4 nitrogen and oxygen atoms in total. The van der Waals surface area contributed by atoms with Crippen molar-refractivity contribution in [3.8, 4) is 11.3 Å². The molecule has 0 saturated heterocycles. The number of hydrogen-bond donors (Lipinski definition) is 1. The number of anilines is 1. The van der Waals surface area contributed by atoms with Gasteiger partial charge in [-0.25, -0.2) is 4.98 Å². The van der Waals surface area contributed by atoms with E-state index in [2.05, 4.69) is 78.3 Å². The molecule has 0 bridgehead atoms. The zero-order valence-electron chi connectivity index (χ0n) is 15.4. The first-order valence-electron chi connectivity index (χ1n) is 8.96. The second-order valence-electron chi connectivity index (χ2n) is 6.48. The zero-order valence-corrected chi connectivity index (χ0v) is 15.4. The number of fused-ring (bicyclic) bond motifs is 3. The van der Waals surface area contributed by atoms with Gasteiger partial charge >= 0.3 is 0 Å². The lowest BCUT2D eigenvalue weighted by Gasteiger charge is -2.11. The van der Waals surface area contributed by atoms with E-state index in [1.807, 2.05) is 0 Å². The van der Waals surface area contributed by atoms with Gasteiger partial charge in [-0.3, -0.25) is 4.40 Å². The summed E-state index contributed by atoms with van der Waals surface area (Å²) >= 11 is 0. The van der Waals surface area contributed by atoms with Crippen molar-refractivity contribution >= 4 is 22.2 Å². The molecule has 2 aromatic carbocycles. The van der Waals surface area contributed by atoms with E-state index in [-0.39, 0.29) is 0 Å². The van der Waals surface area contributed by atoms with Crippen LogP contribution >= 0.6 is 0 Å². The molecule has 2 heterocycles. The Bertz CT molecular complexity index is 1080. The molecule has 0 radical (unpaired) electrons. The number of benzene rings is 2. The molecule has 0 aliphatic rings. The van der Waals surface area contributed by atoms with E-state index in [9.17, 15) is 0 Å². The van der Waals surface area contributed by atoms with Crippen molar-refractivity contribution in [1.29, 1.82) is 0 Å². The summed E-state index contributed by atoms with van der Waals surface area (Å²) in [5.41, 5.74) is 5.49. The molecule has 132 valence electrons. The number of ether oxygens (including phenoxy) is 1. The third-order valence-electron chi connectivity index (χ3n) is 4.75. The minimum absolute atomic E-state index is 0.569. The van der Waals surface area contributed by atoms with Gasteiger partial charge in [-0.2, -0.15) is 0 Å². The summed E-state index contributed by atoms with van der Waals surface area (Å²) in [5, 5.41) is 5.84. The summed E-state index contributed by atoms with van der Waals surface area (Å²) in [7, 11) is 1.73. The van der Waals surface area contributed by atoms with E-state index < -0.39 is 0 Å². The van der Waals surface area contributed by atoms with Gasteiger partial charge < -0.3 is 10.1 Å². The van der Waals surface area contributed by atoms with E-state index in [0.29, 0.717) is 6.61 Å². The van der Waals surface area contributed by atoms with Crippen molar-refractivity contribution in [1.82, 2.24) is 9.38 Å². The second-order valence-corrected chi connectivity index (χ2v) is 6.48. The SMILES string of the molecule is CCNc1c(-c2ccccc2C)nc2c3ccccc3c(COC)cn12. The predicted molar refractivity (Wildman–Crippen MR) is 108 cm³/mol. The minimum atomic E-state index is 0.569. The number of nitrogens with zero attached hydrogens (tertiary/aromatic N) is 2. The molecule has 0 atom stereocenters. The van der Waals surface area contributed by atoms with Crippen molar-refractivity contribution in [2.24, 2.45) is 0 Å². The summed E-state index contributed by atoms with van der Waals surface area (Å²) in [5.74, 6) is 1.03. The predicted octanol–water partition coefficient (Wildman–Crippen LogP) is 5.04. The second kappa shape index (κ2) is 6.81. The summed E-state index contributed by atoms with van der Waals surface area (Å²) in [6, 6.07) is 16.8. The Kier molecular flexibility index (Phi) is 4.35. The van der Waals surface area contributed by atoms with E-state index in [1.165, 1.54) is 10.9 Å². The van der Waals surface area contributed by atoms with Crippen LogP contribution in [0.1, 0.15) is 18.1 Å². The molecule has 26 heavy (non-hydrogen) atoms. The fourth-order valence-electron chi connectivity index (χ4n) is 3.57. The minimum Gasteiger partial charge on any atom is -0.380 e. The monoisotopic (exact) mass is 345 g/mol. The molecule has 4 aromatic rings. The Balaban J connectivity index is 2.10. The third-order valence-corrected chi connectivity index (χ3v) is 4.75. The first kappa shape index (κ1) is 16.6. The number of imidazole rings is 1. The van der Waals surface area contributed by atoms with Gasteiger partial charge in [0.1, 0.15) is 17.2 Å². The number of aromatic nitrogens is 2. The van der Waals surface area contributed by atoms with Gasteiger partial charge in [-0.05, 0) is 24.8 Å². The molecule has 0 spiro atoms. The van der Waals surface area contributed by atoms with Crippen molar-refractivity contribution in [3.05, 3.63) is 65.9 Å². The Hall–Kier alpha value is -2.85. The van der Waals surface area contributed by atoms with Gasteiger partial charge in [0.2, 0.25) is 0 Å². The third kappa shape index (κ3) is 2.63. The lowest BCUT2D eigenvalue weighted by molar-refractivity contribution is 0.185. The first-order valence-corrected chi connectivity index (χ1v) is 8.96. The molecular formula is C22H23N3O. The number of nitrogens with one attached hydrogen (secondary N) is 1. The molecule has 0 aliphatic heterocycles. The van der Waals surface area contributed by atoms with Gasteiger partial charge in [0.15, 0.2) is 0 Å². The van der Waals surface area contributed by atoms with Crippen molar-refractivity contribution in [3.63, 3.8) is 0 Å². The van der Waals surface area contributed by atoms with Crippen molar-refractivity contribution < 1.29 is 4.74 Å². The zero-order chi connectivity index (χ0) is 18.1. The smallest absolute Gasteiger partial charge is 0.147 e. The highest BCUT2D eigenvalue weighted by atomic mass is 16.5. The Morgan fingerprint density at radius 1 is 1.04 bits per heavy atom. The van der Waals surface area contributed by atoms with Crippen LogP contribution in [0.3, 0.4) is 0 Å². The maximum Gasteiger partial charge on any atom is 0.147 e. The van der Waals surface area contributed by atoms with E-state index in [1.54, 1.807) is 7.11 Å². The van der Waals surface area contributed by atoms with Crippen molar-refractivity contribution in [2.45, 2.75) is 20.5 Å². The van der Waals surface area contributed by atoms with Gasteiger partial charge in [0, 0.05) is 36.4 Å². The number of aryl methyl sites for hydroxylation is 1. The highest BCUT2D eigenvalue weighted by Crippen LogP contribution is 2.34. The molecule has 0 amide bonds. The molecule has 0 fully saturated rings. The van der Waals surface area contributed by atoms with Gasteiger partial charge in [-0.15, -0.1) is 0 Å². The fourth-order valence-corrected chi connectivity index (χ4v) is 3.57. The van der Waals surface area contributed by atoms with Crippen LogP contribution in [0.15, 0.2) is 54.7 Å². The average molecular weight is 345 g/mol. The first-order chi connectivity index (χ1) is 12.7. The number of pyridine rings is 1. The van der Waals surface area contributed by atoms with Crippen LogP contribution in [0.25, 0.3) is 27.7 Å². The van der Waals surface area contributed by atoms with E-state index in [4.69, 9.17) is 9.72 Å². The maximum absolute atomic E-state index is 5.44. The van der Waals surface area contributed by atoms with Crippen LogP contribution in [-0.2, 0) is 11.3 Å². The molecule has 0 saturated carbocycles. The standard InChI is InChI=1S/C22H23N3O/c1-4-23-22-20(17-10-6-5-9-15(17)2)24-21-19-12-8-7-11-18(19)16(14-26-3)13-25(21)22/h5-13,23H,4,14H2,1-3H3. The highest BCUT2D eigenvalue weighted by Gasteiger charge is 2.18. The normalized spacial score (nSPS) is 11.3. The number of methoxy groups -OCH3 is 1. The largest absolute Gasteiger partial charge is 0.380 e. The summed E-state index contributed by atoms with van der Waals surface area (Å²) in [4.78, 5) is 5.05. The Morgan fingerprint density at radius 2 is 1.77 bits per heavy atom. The van der Waals surface area contributed by atoms with Crippen LogP contribution in [0, 0.1) is 6.92 Å². The molecular weight excluding hydrogens is 322 g/mol. The molecule has 1 N–H and O–H groups in total. The van der Waals surface area contributed by atoms with Crippen LogP contribution in [0.2, 0.25) is 0 Å². The topological polar surface area (TPSA) is 38.6 Å². The quantitative estimate of drug-likeness (QED) is 0.551. The number of rotatable bonds is 5. The molecule has 4 rings (SSSR count). The fraction of sp³-hybridized carbons (Fsp3) is 0.227. The summed E-state index contributed by atoms with van der Waals surface area (Å²) < 4.78 is 7.61. The summed E-state index contributed by atoms with van der Waals surface area (Å²) in [6.45, 7) is 5.64. The van der Waals surface area contributed by atoms with Gasteiger partial charge in [0.25, 0.3) is 0 Å². The van der Waals surface area contributed by atoms with Crippen LogP contribution in [0.4, 0.5) is 5.82 Å². The van der Waals surface area contributed by atoms with Crippen LogP contribution < -0.4 is 5.32 Å². The highest BCUT2D eigenvalue weighted by molar-refractivity contribution is 5.98. The number of hydrogen-bond acceptors (Lipinski definition) is 3. The molecule has 4 heteroatoms. The Morgan fingerprint density at radius 3 is 2.50 bits per heavy atom. The maximum atomic E-state index is 5.44. The summed E-state index contributed by atoms with van der Waals surface area (Å²) in [6.07, 6.45) is 2.15. The van der Waals surface area contributed by atoms with Gasteiger partial charge in [-0.1, -0.05) is 48.5 Å². The Labute approximate surface area is 153 Å². The molecule has 0 aliphatic carbocycles. The lowest BCUT2D eigenvalue weighted by Crippen LogP contribution is -2.03. The van der Waals surface area contributed by atoms with Gasteiger partial charge in [0.05, 0.1) is 6.61 Å². The van der Waals surface area contributed by atoms with Crippen molar-refractivity contribution in [2.75, 3.05) is 19.0 Å². The lowest BCUT2D eigenvalue weighted by atomic mass is 10.1. The van der Waals surface area contributed by atoms with E-state index in [0.717, 1.165) is 40.2 Å². The van der Waals surface area contributed by atoms with E-state index >= 15 is 0 Å². The van der Waals surface area contributed by atoms with Crippen LogP contribution in [-0.4, -0.2) is 23.0 Å². The molecule has 0 unspecified atom stereocenters.